The van der Waals surface area contributed by atoms with Crippen LogP contribution < -0.4 is 26.2 Å². The highest BCUT2D eigenvalue weighted by Crippen LogP contribution is 2.36. The summed E-state index contributed by atoms with van der Waals surface area (Å²) in [7, 11) is 0. The van der Waals surface area contributed by atoms with E-state index in [0.717, 1.165) is 16.7 Å². The van der Waals surface area contributed by atoms with Gasteiger partial charge in [-0.1, -0.05) is 43.3 Å². The van der Waals surface area contributed by atoms with Gasteiger partial charge < -0.3 is 56.3 Å². The van der Waals surface area contributed by atoms with E-state index in [1.807, 2.05) is 35.2 Å². The van der Waals surface area contributed by atoms with Crippen LogP contribution in [0.15, 0.2) is 79.1 Å². The van der Waals surface area contributed by atoms with Gasteiger partial charge in [0.05, 0.1) is 18.4 Å². The van der Waals surface area contributed by atoms with E-state index < -0.39 is 24.3 Å². The molecule has 0 radical (unpaired) electrons. The van der Waals surface area contributed by atoms with Crippen LogP contribution in [0.3, 0.4) is 0 Å². The highest BCUT2D eigenvalue weighted by molar-refractivity contribution is 5.85. The summed E-state index contributed by atoms with van der Waals surface area (Å²) in [5.41, 5.74) is 3.43. The van der Waals surface area contributed by atoms with Crippen LogP contribution in [0.25, 0.3) is 11.2 Å². The van der Waals surface area contributed by atoms with E-state index >= 15 is 0 Å². The second-order valence-electron chi connectivity index (χ2n) is 14.1. The lowest BCUT2D eigenvalue weighted by Crippen LogP contribution is -2.43. The molecule has 55 heavy (non-hydrogen) atoms. The van der Waals surface area contributed by atoms with E-state index in [9.17, 15) is 35.1 Å². The number of phenolic OH excluding ortho intramolecular Hbond substituents is 3. The zero-order chi connectivity index (χ0) is 38.6. The summed E-state index contributed by atoms with van der Waals surface area (Å²) >= 11 is 0. The number of hydrogen-bond donors (Lipinski definition) is 9. The summed E-state index contributed by atoms with van der Waals surface area (Å²) in [5, 5.41) is 64.0. The Morgan fingerprint density at radius 1 is 0.891 bits per heavy atom. The zero-order valence-electron chi connectivity index (χ0n) is 30.2. The third-order valence-corrected chi connectivity index (χ3v) is 10.3. The number of aromatic hydroxyl groups is 3. The molecular weight excluding hydrogens is 706 g/mol. The van der Waals surface area contributed by atoms with Crippen molar-refractivity contribution in [1.82, 2.24) is 35.5 Å². The quantitative estimate of drug-likeness (QED) is 0.0897. The highest BCUT2D eigenvalue weighted by Gasteiger charge is 2.44. The van der Waals surface area contributed by atoms with Crippen molar-refractivity contribution < 1.29 is 35.1 Å². The lowest BCUT2D eigenvalue weighted by atomic mass is 9.91. The van der Waals surface area contributed by atoms with Crippen molar-refractivity contribution in [2.75, 3.05) is 29.9 Å². The van der Waals surface area contributed by atoms with Crippen LogP contribution >= 0.6 is 0 Å². The molecule has 3 amide bonds. The number of phenols is 3. The van der Waals surface area contributed by atoms with E-state index in [0.29, 0.717) is 49.0 Å². The van der Waals surface area contributed by atoms with E-state index in [1.165, 1.54) is 0 Å². The second kappa shape index (κ2) is 16.1. The number of carbonyl (C=O) groups excluding carboxylic acids is 2. The molecule has 5 atom stereocenters. The molecule has 1 aliphatic heterocycles. The minimum atomic E-state index is -1.21. The summed E-state index contributed by atoms with van der Waals surface area (Å²) in [6.45, 7) is 3.26. The summed E-state index contributed by atoms with van der Waals surface area (Å²) in [4.78, 5) is 41.5. The van der Waals surface area contributed by atoms with Crippen LogP contribution in [0.4, 0.5) is 16.6 Å². The Morgan fingerprint density at radius 3 is 2.27 bits per heavy atom. The van der Waals surface area contributed by atoms with Gasteiger partial charge in [-0.15, -0.1) is 0 Å². The monoisotopic (exact) mass is 751 g/mol. The Balaban J connectivity index is 1.17. The number of hydrogen-bond acceptors (Lipinski definition) is 12. The standard InChI is InChI=1S/C39H45N9O7/c1-2-32(52)44-30-17-31(35(54)34(30)53)48-21-42-33-36(40-19-29(23-6-10-26(49)11-7-23)24-8-12-27(50)13-9-24)45-38(46-37(33)48)47-15-14-25(20-47)43-39(55)41-18-22-4-3-5-28(51)16-22/h3-13,16,21,25,29-31,34-35,49-51,53-54H,2,14-15,17-20H2,1H3,(H,44,52)(H,40,45,46)(H2,41,43,55)/t25-,30+,31-,34-,35+/m1/s1. The molecule has 7 rings (SSSR count). The maximum Gasteiger partial charge on any atom is 0.315 e. The maximum atomic E-state index is 12.8. The fraction of sp³-hybridized carbons (Fsp3) is 0.359. The van der Waals surface area contributed by atoms with Gasteiger partial charge in [0.2, 0.25) is 11.9 Å². The number of rotatable bonds is 12. The number of benzene rings is 3. The molecule has 1 saturated heterocycles. The molecule has 5 aromatic rings. The molecule has 16 heteroatoms. The Kier molecular flexibility index (Phi) is 10.9. The molecule has 16 nitrogen and oxygen atoms in total. The van der Waals surface area contributed by atoms with Crippen LogP contribution in [-0.2, 0) is 11.3 Å². The van der Waals surface area contributed by atoms with Crippen LogP contribution in [0.2, 0.25) is 0 Å². The number of anilines is 2. The SMILES string of the molecule is CCC(=O)N[C@H]1C[C@@H](n2cnc3c(NCC(c4ccc(O)cc4)c4ccc(O)cc4)nc(N4CC[C@@H](NC(=O)NCc5cccc(O)c5)C4)nc32)[C@H](O)[C@@H]1O. The van der Waals surface area contributed by atoms with Crippen LogP contribution in [-0.4, -0.2) is 101 Å². The van der Waals surface area contributed by atoms with Gasteiger partial charge in [0, 0.05) is 44.6 Å². The van der Waals surface area contributed by atoms with E-state index in [1.54, 1.807) is 60.3 Å². The van der Waals surface area contributed by atoms with Gasteiger partial charge >= 0.3 is 6.03 Å². The first-order valence-corrected chi connectivity index (χ1v) is 18.3. The smallest absolute Gasteiger partial charge is 0.315 e. The molecular formula is C39H45N9O7. The second-order valence-corrected chi connectivity index (χ2v) is 14.1. The molecule has 0 unspecified atom stereocenters. The van der Waals surface area contributed by atoms with Crippen molar-refractivity contribution in [3.8, 4) is 17.2 Å². The molecule has 2 aromatic heterocycles. The third-order valence-electron chi connectivity index (χ3n) is 10.3. The van der Waals surface area contributed by atoms with Crippen molar-refractivity contribution in [1.29, 1.82) is 0 Å². The number of imidazole rings is 1. The number of urea groups is 1. The lowest BCUT2D eigenvalue weighted by Gasteiger charge is -2.22. The minimum Gasteiger partial charge on any atom is -0.508 e. The predicted molar refractivity (Wildman–Crippen MR) is 204 cm³/mol. The van der Waals surface area contributed by atoms with Crippen LogP contribution in [0, 0.1) is 0 Å². The summed E-state index contributed by atoms with van der Waals surface area (Å²) in [5.74, 6) is 0.724. The minimum absolute atomic E-state index is 0.122. The first-order chi connectivity index (χ1) is 26.6. The average molecular weight is 752 g/mol. The summed E-state index contributed by atoms with van der Waals surface area (Å²) < 4.78 is 1.72. The number of carbonyl (C=O) groups is 2. The fourth-order valence-electron chi connectivity index (χ4n) is 7.33. The van der Waals surface area contributed by atoms with Crippen molar-refractivity contribution in [2.45, 2.75) is 69.0 Å². The van der Waals surface area contributed by atoms with E-state index in [4.69, 9.17) is 9.97 Å². The van der Waals surface area contributed by atoms with Crippen molar-refractivity contribution in [2.24, 2.45) is 0 Å². The van der Waals surface area contributed by atoms with Gasteiger partial charge in [-0.25, -0.2) is 9.78 Å². The number of aliphatic hydroxyl groups excluding tert-OH is 2. The van der Waals surface area contributed by atoms with Gasteiger partial charge in [0.25, 0.3) is 0 Å². The van der Waals surface area contributed by atoms with E-state index in [2.05, 4.69) is 26.3 Å². The van der Waals surface area contributed by atoms with Gasteiger partial charge in [0.1, 0.15) is 29.5 Å². The fourth-order valence-corrected chi connectivity index (χ4v) is 7.33. The summed E-state index contributed by atoms with van der Waals surface area (Å²) in [6.07, 6.45) is 0.266. The largest absolute Gasteiger partial charge is 0.508 e. The molecule has 2 aliphatic rings. The van der Waals surface area contributed by atoms with Crippen LogP contribution in [0.1, 0.15) is 54.8 Å². The van der Waals surface area contributed by atoms with E-state index in [-0.39, 0.29) is 60.5 Å². The number of aromatic nitrogens is 4. The molecule has 288 valence electrons. The maximum absolute atomic E-state index is 12.8. The Bertz CT molecular complexity index is 2080. The predicted octanol–water partition coefficient (Wildman–Crippen LogP) is 2.83. The molecule has 1 saturated carbocycles. The molecule has 2 fully saturated rings. The Morgan fingerprint density at radius 2 is 1.60 bits per heavy atom. The molecule has 1 aliphatic carbocycles. The van der Waals surface area contributed by atoms with Crippen LogP contribution in [0.5, 0.6) is 17.2 Å². The van der Waals surface area contributed by atoms with Gasteiger partial charge in [-0.05, 0) is 65.9 Å². The third kappa shape index (κ3) is 8.34. The number of amides is 3. The first kappa shape index (κ1) is 37.2. The number of nitrogens with zero attached hydrogens (tertiary/aromatic N) is 5. The summed E-state index contributed by atoms with van der Waals surface area (Å²) in [6, 6.07) is 18.6. The number of fused-ring (bicyclic) bond motifs is 1. The zero-order valence-corrected chi connectivity index (χ0v) is 30.2. The number of aliphatic hydroxyl groups is 2. The van der Waals surface area contributed by atoms with Crippen molar-refractivity contribution in [3.05, 3.63) is 95.8 Å². The lowest BCUT2D eigenvalue weighted by molar-refractivity contribution is -0.122. The van der Waals surface area contributed by atoms with Gasteiger partial charge in [0.15, 0.2) is 17.0 Å². The molecule has 0 bridgehead atoms. The highest BCUT2D eigenvalue weighted by atomic mass is 16.3. The molecule has 3 aromatic carbocycles. The topological polar surface area (TPSA) is 230 Å². The Labute approximate surface area is 316 Å². The molecule has 3 heterocycles. The first-order valence-electron chi connectivity index (χ1n) is 18.3. The normalized spacial score (nSPS) is 20.9. The molecule has 9 N–H and O–H groups in total. The van der Waals surface area contributed by atoms with Gasteiger partial charge in [-0.3, -0.25) is 4.79 Å². The Hall–Kier alpha value is -6.13. The average Bonchev–Trinajstić information content (AvgIpc) is 3.90. The van der Waals surface area contributed by atoms with Crippen molar-refractivity contribution >= 4 is 34.9 Å². The molecule has 0 spiro atoms. The van der Waals surface area contributed by atoms with Gasteiger partial charge in [-0.2, -0.15) is 9.97 Å². The van der Waals surface area contributed by atoms with Crippen molar-refractivity contribution in [3.63, 3.8) is 0 Å². The number of nitrogens with one attached hydrogen (secondary N) is 4.